The minimum atomic E-state index is -0.820. The molecular weight excluding hydrogens is 196 g/mol. The molecule has 0 bridgehead atoms. The first-order valence-corrected chi connectivity index (χ1v) is 5.27. The number of hydrogen-bond donors (Lipinski definition) is 2. The van der Waals surface area contributed by atoms with Crippen LogP contribution in [0.3, 0.4) is 0 Å². The Labute approximate surface area is 89.4 Å². The van der Waals surface area contributed by atoms with E-state index in [1.54, 1.807) is 0 Å². The normalized spacial score (nSPS) is 25.5. The first kappa shape index (κ1) is 12.0. The van der Waals surface area contributed by atoms with E-state index in [0.29, 0.717) is 6.54 Å². The van der Waals surface area contributed by atoms with E-state index in [4.69, 9.17) is 5.11 Å². The smallest absolute Gasteiger partial charge is 0.304 e. The molecule has 86 valence electrons. The maximum absolute atomic E-state index is 11.5. The van der Waals surface area contributed by atoms with Gasteiger partial charge in [-0.15, -0.1) is 0 Å². The highest BCUT2D eigenvalue weighted by atomic mass is 16.4. The van der Waals surface area contributed by atoms with Crippen molar-refractivity contribution >= 4 is 11.9 Å². The maximum atomic E-state index is 11.5. The summed E-state index contributed by atoms with van der Waals surface area (Å²) in [7, 11) is 0. The molecule has 0 aliphatic carbocycles. The van der Waals surface area contributed by atoms with Gasteiger partial charge in [0.25, 0.3) is 0 Å². The number of rotatable bonds is 3. The molecule has 5 heteroatoms. The van der Waals surface area contributed by atoms with Crippen LogP contribution in [-0.2, 0) is 9.59 Å². The summed E-state index contributed by atoms with van der Waals surface area (Å²) >= 11 is 0. The average Bonchev–Trinajstić information content (AvgIpc) is 2.29. The summed E-state index contributed by atoms with van der Waals surface area (Å²) < 4.78 is 0. The number of nitrogens with zero attached hydrogens (tertiary/aromatic N) is 1. The molecule has 2 N–H and O–H groups in total. The van der Waals surface area contributed by atoms with Gasteiger partial charge in [0.2, 0.25) is 5.91 Å². The summed E-state index contributed by atoms with van der Waals surface area (Å²) in [6.45, 7) is 5.12. The standard InChI is InChI=1S/C10H18N2O3/c1-7(6-9(13)14)12-5-3-4-11-10(15)8(12)2/h7-8H,3-6H2,1-2H3,(H,11,15)(H,13,14). The van der Waals surface area contributed by atoms with Crippen LogP contribution >= 0.6 is 0 Å². The van der Waals surface area contributed by atoms with E-state index >= 15 is 0 Å². The van der Waals surface area contributed by atoms with Crippen LogP contribution in [0, 0.1) is 0 Å². The molecule has 1 aliphatic heterocycles. The molecule has 15 heavy (non-hydrogen) atoms. The van der Waals surface area contributed by atoms with Crippen molar-refractivity contribution in [2.75, 3.05) is 13.1 Å². The van der Waals surface area contributed by atoms with E-state index in [0.717, 1.165) is 13.0 Å². The predicted octanol–water partition coefficient (Wildman–Crippen LogP) is 0.0600. The van der Waals surface area contributed by atoms with Gasteiger partial charge in [0, 0.05) is 19.1 Å². The Morgan fingerprint density at radius 1 is 1.73 bits per heavy atom. The Balaban J connectivity index is 2.64. The van der Waals surface area contributed by atoms with E-state index in [9.17, 15) is 9.59 Å². The van der Waals surface area contributed by atoms with E-state index in [1.807, 2.05) is 18.7 Å². The Bertz CT molecular complexity index is 255. The van der Waals surface area contributed by atoms with Gasteiger partial charge in [-0.25, -0.2) is 0 Å². The zero-order valence-corrected chi connectivity index (χ0v) is 9.19. The summed E-state index contributed by atoms with van der Waals surface area (Å²) in [6.07, 6.45) is 0.956. The number of carbonyl (C=O) groups excluding carboxylic acids is 1. The van der Waals surface area contributed by atoms with Crippen molar-refractivity contribution in [3.8, 4) is 0 Å². The summed E-state index contributed by atoms with van der Waals surface area (Å²) in [5.74, 6) is -0.830. The molecule has 0 spiro atoms. The fraction of sp³-hybridized carbons (Fsp3) is 0.800. The lowest BCUT2D eigenvalue weighted by Crippen LogP contribution is -2.46. The molecule has 0 radical (unpaired) electrons. The van der Waals surface area contributed by atoms with Crippen LogP contribution in [0.15, 0.2) is 0 Å². The first-order chi connectivity index (χ1) is 7.02. The second kappa shape index (κ2) is 5.11. The number of carboxylic acid groups (broad SMARTS) is 1. The van der Waals surface area contributed by atoms with E-state index < -0.39 is 5.97 Å². The minimum absolute atomic E-state index is 0.00950. The van der Waals surface area contributed by atoms with Crippen molar-refractivity contribution in [2.45, 2.75) is 38.8 Å². The predicted molar refractivity (Wildman–Crippen MR) is 55.5 cm³/mol. The van der Waals surface area contributed by atoms with Gasteiger partial charge in [-0.1, -0.05) is 0 Å². The van der Waals surface area contributed by atoms with Gasteiger partial charge >= 0.3 is 5.97 Å². The van der Waals surface area contributed by atoms with Crippen molar-refractivity contribution in [3.63, 3.8) is 0 Å². The van der Waals surface area contributed by atoms with Crippen LogP contribution < -0.4 is 5.32 Å². The second-order valence-corrected chi connectivity index (χ2v) is 4.01. The molecule has 2 unspecified atom stereocenters. The zero-order valence-electron chi connectivity index (χ0n) is 9.19. The fourth-order valence-corrected chi connectivity index (χ4v) is 1.94. The van der Waals surface area contributed by atoms with Crippen LogP contribution in [0.1, 0.15) is 26.7 Å². The van der Waals surface area contributed by atoms with Gasteiger partial charge in [0.05, 0.1) is 12.5 Å². The molecule has 2 atom stereocenters. The van der Waals surface area contributed by atoms with Gasteiger partial charge in [-0.2, -0.15) is 0 Å². The second-order valence-electron chi connectivity index (χ2n) is 4.01. The Morgan fingerprint density at radius 2 is 2.40 bits per heavy atom. The maximum Gasteiger partial charge on any atom is 0.304 e. The van der Waals surface area contributed by atoms with Gasteiger partial charge in [0.15, 0.2) is 0 Å². The quantitative estimate of drug-likeness (QED) is 0.697. The summed E-state index contributed by atoms with van der Waals surface area (Å²) in [5, 5.41) is 11.5. The van der Waals surface area contributed by atoms with Crippen LogP contribution in [0.25, 0.3) is 0 Å². The van der Waals surface area contributed by atoms with Crippen LogP contribution in [-0.4, -0.2) is 47.1 Å². The van der Waals surface area contributed by atoms with Gasteiger partial charge in [0.1, 0.15) is 0 Å². The van der Waals surface area contributed by atoms with Gasteiger partial charge < -0.3 is 10.4 Å². The van der Waals surface area contributed by atoms with E-state index in [2.05, 4.69) is 5.32 Å². The van der Waals surface area contributed by atoms with Gasteiger partial charge in [-0.3, -0.25) is 14.5 Å². The van der Waals surface area contributed by atoms with Crippen LogP contribution in [0.5, 0.6) is 0 Å². The number of carboxylic acids is 1. The van der Waals surface area contributed by atoms with Gasteiger partial charge in [-0.05, 0) is 20.3 Å². The molecule has 1 fully saturated rings. The third kappa shape index (κ3) is 3.20. The van der Waals surface area contributed by atoms with Crippen LogP contribution in [0.4, 0.5) is 0 Å². The Morgan fingerprint density at radius 3 is 3.00 bits per heavy atom. The Hall–Kier alpha value is -1.10. The highest BCUT2D eigenvalue weighted by molar-refractivity contribution is 5.81. The fourth-order valence-electron chi connectivity index (χ4n) is 1.94. The zero-order chi connectivity index (χ0) is 11.4. The average molecular weight is 214 g/mol. The molecule has 0 aromatic rings. The molecule has 1 saturated heterocycles. The number of carbonyl (C=O) groups is 2. The largest absolute Gasteiger partial charge is 0.481 e. The molecule has 1 amide bonds. The lowest BCUT2D eigenvalue weighted by molar-refractivity contribution is -0.139. The summed E-state index contributed by atoms with van der Waals surface area (Å²) in [6, 6.07) is -0.330. The van der Waals surface area contributed by atoms with Crippen molar-refractivity contribution in [1.29, 1.82) is 0 Å². The highest BCUT2D eigenvalue weighted by Gasteiger charge is 2.28. The number of amides is 1. The lowest BCUT2D eigenvalue weighted by atomic mass is 10.1. The summed E-state index contributed by atoms with van der Waals surface area (Å²) in [4.78, 5) is 24.1. The molecule has 1 aliphatic rings. The molecule has 0 aromatic carbocycles. The molecule has 0 saturated carbocycles. The van der Waals surface area contributed by atoms with E-state index in [1.165, 1.54) is 0 Å². The van der Waals surface area contributed by atoms with Crippen molar-refractivity contribution in [1.82, 2.24) is 10.2 Å². The molecule has 0 aromatic heterocycles. The van der Waals surface area contributed by atoms with Crippen LogP contribution in [0.2, 0.25) is 0 Å². The van der Waals surface area contributed by atoms with Crippen molar-refractivity contribution < 1.29 is 14.7 Å². The topological polar surface area (TPSA) is 69.6 Å². The molecule has 1 heterocycles. The summed E-state index contributed by atoms with van der Waals surface area (Å²) in [5.41, 5.74) is 0. The molecular formula is C10H18N2O3. The number of hydrogen-bond acceptors (Lipinski definition) is 3. The van der Waals surface area contributed by atoms with Crippen molar-refractivity contribution in [3.05, 3.63) is 0 Å². The first-order valence-electron chi connectivity index (χ1n) is 5.27. The van der Waals surface area contributed by atoms with E-state index in [-0.39, 0.29) is 24.4 Å². The number of nitrogens with one attached hydrogen (secondary N) is 1. The lowest BCUT2D eigenvalue weighted by Gasteiger charge is -2.30. The monoisotopic (exact) mass is 214 g/mol. The highest BCUT2D eigenvalue weighted by Crippen LogP contribution is 2.12. The third-order valence-corrected chi connectivity index (χ3v) is 2.81. The molecule has 5 nitrogen and oxygen atoms in total. The third-order valence-electron chi connectivity index (χ3n) is 2.81. The number of aliphatic carboxylic acids is 1. The molecule has 1 rings (SSSR count). The Kier molecular flexibility index (Phi) is 4.08. The minimum Gasteiger partial charge on any atom is -0.481 e. The SMILES string of the molecule is CC(CC(=O)O)N1CCCNC(=O)C1C. The van der Waals surface area contributed by atoms with Crippen molar-refractivity contribution in [2.24, 2.45) is 0 Å².